The van der Waals surface area contributed by atoms with E-state index in [1.54, 1.807) is 12.1 Å². The van der Waals surface area contributed by atoms with Crippen LogP contribution in [0.15, 0.2) is 113 Å². The molecule has 176 valence electrons. The molecule has 5 rings (SSSR count). The number of sulfonamides is 1. The van der Waals surface area contributed by atoms with E-state index >= 15 is 0 Å². The SMILES string of the molecule is Cc1ccccc1C1CC(c2ccc(Oc3ccccc3)cc2)=NN1c1ccc(S(N)(=O)=O)cc1. The van der Waals surface area contributed by atoms with Gasteiger partial charge in [0.25, 0.3) is 0 Å². The summed E-state index contributed by atoms with van der Waals surface area (Å²) in [6, 6.07) is 32.3. The van der Waals surface area contributed by atoms with Gasteiger partial charge in [0.15, 0.2) is 0 Å². The summed E-state index contributed by atoms with van der Waals surface area (Å²) in [6.45, 7) is 2.09. The molecule has 0 saturated carbocycles. The Labute approximate surface area is 205 Å². The van der Waals surface area contributed by atoms with Crippen molar-refractivity contribution in [3.63, 3.8) is 0 Å². The van der Waals surface area contributed by atoms with Crippen molar-refractivity contribution in [3.05, 3.63) is 120 Å². The summed E-state index contributed by atoms with van der Waals surface area (Å²) in [5.74, 6) is 1.54. The van der Waals surface area contributed by atoms with Crippen LogP contribution in [0.5, 0.6) is 11.5 Å². The fourth-order valence-corrected chi connectivity index (χ4v) is 4.77. The third kappa shape index (κ3) is 4.96. The van der Waals surface area contributed by atoms with E-state index in [-0.39, 0.29) is 10.9 Å². The van der Waals surface area contributed by atoms with Crippen LogP contribution in [-0.2, 0) is 10.0 Å². The van der Waals surface area contributed by atoms with Crippen LogP contribution >= 0.6 is 0 Å². The minimum atomic E-state index is -3.76. The van der Waals surface area contributed by atoms with Crippen LogP contribution in [-0.4, -0.2) is 14.1 Å². The fraction of sp³-hybridized carbons (Fsp3) is 0.107. The van der Waals surface area contributed by atoms with Crippen LogP contribution < -0.4 is 14.9 Å². The Morgan fingerprint density at radius 3 is 2.11 bits per heavy atom. The van der Waals surface area contributed by atoms with Gasteiger partial charge in [0, 0.05) is 6.42 Å². The molecule has 4 aromatic rings. The molecule has 0 aliphatic carbocycles. The summed E-state index contributed by atoms with van der Waals surface area (Å²) in [4.78, 5) is 0.0751. The number of benzene rings is 4. The number of primary sulfonamides is 1. The van der Waals surface area contributed by atoms with Crippen molar-refractivity contribution in [1.29, 1.82) is 0 Å². The number of rotatable bonds is 6. The maximum atomic E-state index is 11.7. The molecule has 1 aliphatic rings. The van der Waals surface area contributed by atoms with Gasteiger partial charge >= 0.3 is 0 Å². The molecule has 7 heteroatoms. The maximum Gasteiger partial charge on any atom is 0.238 e. The van der Waals surface area contributed by atoms with Crippen LogP contribution in [0.3, 0.4) is 0 Å². The van der Waals surface area contributed by atoms with Crippen LogP contribution in [0.2, 0.25) is 0 Å². The molecule has 0 bridgehead atoms. The lowest BCUT2D eigenvalue weighted by Gasteiger charge is -2.25. The van der Waals surface area contributed by atoms with Gasteiger partial charge in [-0.15, -0.1) is 0 Å². The molecule has 6 nitrogen and oxygen atoms in total. The van der Waals surface area contributed by atoms with Crippen LogP contribution in [0.25, 0.3) is 0 Å². The number of hydrazone groups is 1. The van der Waals surface area contributed by atoms with Gasteiger partial charge in [-0.3, -0.25) is 5.01 Å². The number of nitrogens with zero attached hydrogens (tertiary/aromatic N) is 2. The van der Waals surface area contributed by atoms with Gasteiger partial charge in [-0.2, -0.15) is 5.10 Å². The van der Waals surface area contributed by atoms with E-state index in [1.807, 2.05) is 71.7 Å². The van der Waals surface area contributed by atoms with Crippen molar-refractivity contribution in [2.75, 3.05) is 5.01 Å². The molecular weight excluding hydrogens is 458 g/mol. The standard InChI is InChI=1S/C28H25N3O3S/c1-20-7-5-6-10-26(20)28-19-27(30-31(28)22-13-17-25(18-14-22)35(29,32)33)21-11-15-24(16-12-21)34-23-8-3-2-4-9-23/h2-18,28H,19H2,1H3,(H2,29,32,33). The highest BCUT2D eigenvalue weighted by atomic mass is 32.2. The molecule has 0 aromatic heterocycles. The Morgan fingerprint density at radius 2 is 1.46 bits per heavy atom. The molecule has 35 heavy (non-hydrogen) atoms. The summed E-state index contributed by atoms with van der Waals surface area (Å²) in [5.41, 5.74) is 5.09. The quantitative estimate of drug-likeness (QED) is 0.376. The number of nitrogens with two attached hydrogens (primary N) is 1. The van der Waals surface area contributed by atoms with Gasteiger partial charge in [0.1, 0.15) is 11.5 Å². The number of hydrogen-bond donors (Lipinski definition) is 1. The van der Waals surface area contributed by atoms with Gasteiger partial charge in [-0.05, 0) is 84.3 Å². The fourth-order valence-electron chi connectivity index (χ4n) is 4.25. The van der Waals surface area contributed by atoms with Gasteiger partial charge in [-0.1, -0.05) is 42.5 Å². The molecule has 0 amide bonds. The van der Waals surface area contributed by atoms with E-state index in [0.717, 1.165) is 28.5 Å². The monoisotopic (exact) mass is 483 g/mol. The Bertz CT molecular complexity index is 1470. The molecule has 1 heterocycles. The summed E-state index contributed by atoms with van der Waals surface area (Å²) in [7, 11) is -3.76. The summed E-state index contributed by atoms with van der Waals surface area (Å²) in [5, 5.41) is 12.2. The first-order valence-corrected chi connectivity index (χ1v) is 12.8. The first kappa shape index (κ1) is 22.8. The van der Waals surface area contributed by atoms with E-state index in [9.17, 15) is 8.42 Å². The molecule has 1 aliphatic heterocycles. The molecule has 1 unspecified atom stereocenters. The minimum Gasteiger partial charge on any atom is -0.457 e. The molecule has 1 atom stereocenters. The largest absolute Gasteiger partial charge is 0.457 e. The topological polar surface area (TPSA) is 85.0 Å². The summed E-state index contributed by atoms with van der Waals surface area (Å²) < 4.78 is 29.3. The zero-order valence-corrected chi connectivity index (χ0v) is 20.0. The molecule has 0 saturated heterocycles. The average Bonchev–Trinajstić information content (AvgIpc) is 3.30. The lowest BCUT2D eigenvalue weighted by molar-refractivity contribution is 0.482. The van der Waals surface area contributed by atoms with Gasteiger partial charge in [-0.25, -0.2) is 13.6 Å². The van der Waals surface area contributed by atoms with E-state index in [0.29, 0.717) is 6.42 Å². The van der Waals surface area contributed by atoms with Crippen LogP contribution in [0, 0.1) is 6.92 Å². The third-order valence-corrected chi connectivity index (χ3v) is 6.98. The first-order chi connectivity index (χ1) is 16.9. The second-order valence-electron chi connectivity index (χ2n) is 8.45. The molecular formula is C28H25N3O3S. The Balaban J connectivity index is 1.47. The third-order valence-electron chi connectivity index (χ3n) is 6.05. The summed E-state index contributed by atoms with van der Waals surface area (Å²) in [6.07, 6.45) is 0.709. The lowest BCUT2D eigenvalue weighted by Crippen LogP contribution is -2.19. The lowest BCUT2D eigenvalue weighted by atomic mass is 9.95. The van der Waals surface area contributed by atoms with Crippen molar-refractivity contribution < 1.29 is 13.2 Å². The number of ether oxygens (including phenoxy) is 1. The molecule has 2 N–H and O–H groups in total. The van der Waals surface area contributed by atoms with Crippen molar-refractivity contribution in [1.82, 2.24) is 0 Å². The van der Waals surface area contributed by atoms with Crippen molar-refractivity contribution in [2.45, 2.75) is 24.3 Å². The Kier molecular flexibility index (Phi) is 6.11. The summed E-state index contributed by atoms with van der Waals surface area (Å²) >= 11 is 0. The molecule has 4 aromatic carbocycles. The highest BCUT2D eigenvalue weighted by molar-refractivity contribution is 7.89. The zero-order valence-electron chi connectivity index (χ0n) is 19.2. The number of anilines is 1. The highest BCUT2D eigenvalue weighted by Crippen LogP contribution is 2.38. The van der Waals surface area contributed by atoms with Crippen molar-refractivity contribution >= 4 is 21.4 Å². The predicted molar refractivity (Wildman–Crippen MR) is 138 cm³/mol. The molecule has 0 spiro atoms. The smallest absolute Gasteiger partial charge is 0.238 e. The number of aryl methyl sites for hydroxylation is 1. The van der Waals surface area contributed by atoms with Crippen molar-refractivity contribution in [3.8, 4) is 11.5 Å². The van der Waals surface area contributed by atoms with Gasteiger partial charge in [0.2, 0.25) is 10.0 Å². The van der Waals surface area contributed by atoms with E-state index in [2.05, 4.69) is 19.1 Å². The number of para-hydroxylation sites is 1. The van der Waals surface area contributed by atoms with E-state index in [1.165, 1.54) is 23.3 Å². The first-order valence-electron chi connectivity index (χ1n) is 11.3. The van der Waals surface area contributed by atoms with E-state index in [4.69, 9.17) is 15.0 Å². The predicted octanol–water partition coefficient (Wildman–Crippen LogP) is 5.79. The maximum absolute atomic E-state index is 11.7. The van der Waals surface area contributed by atoms with Crippen LogP contribution in [0.4, 0.5) is 5.69 Å². The average molecular weight is 484 g/mol. The second kappa shape index (κ2) is 9.37. The normalized spacial score (nSPS) is 15.7. The molecule has 0 fully saturated rings. The Morgan fingerprint density at radius 1 is 0.829 bits per heavy atom. The highest BCUT2D eigenvalue weighted by Gasteiger charge is 2.31. The van der Waals surface area contributed by atoms with E-state index < -0.39 is 10.0 Å². The van der Waals surface area contributed by atoms with Crippen LogP contribution in [0.1, 0.15) is 29.2 Å². The zero-order chi connectivity index (χ0) is 24.4. The second-order valence-corrected chi connectivity index (χ2v) is 10.0. The molecule has 0 radical (unpaired) electrons. The number of hydrogen-bond acceptors (Lipinski definition) is 5. The van der Waals surface area contributed by atoms with Gasteiger partial charge < -0.3 is 4.74 Å². The Hall–Kier alpha value is -3.94. The van der Waals surface area contributed by atoms with Crippen molar-refractivity contribution in [2.24, 2.45) is 10.2 Å². The minimum absolute atomic E-state index is 0.0215. The van der Waals surface area contributed by atoms with Gasteiger partial charge in [0.05, 0.1) is 22.3 Å².